The number of nitrogens with zero attached hydrogens (tertiary/aromatic N) is 2. The van der Waals surface area contributed by atoms with Gasteiger partial charge in [-0.05, 0) is 12.3 Å². The van der Waals surface area contributed by atoms with Crippen molar-refractivity contribution in [1.82, 2.24) is 15.5 Å². The van der Waals surface area contributed by atoms with Gasteiger partial charge in [-0.25, -0.2) is 0 Å². The van der Waals surface area contributed by atoms with Gasteiger partial charge in [-0.1, -0.05) is 19.0 Å². The van der Waals surface area contributed by atoms with E-state index in [4.69, 9.17) is 4.74 Å². The Morgan fingerprint density at radius 3 is 3.00 bits per heavy atom. The van der Waals surface area contributed by atoms with Crippen LogP contribution in [0.25, 0.3) is 0 Å². The van der Waals surface area contributed by atoms with Gasteiger partial charge in [0.05, 0.1) is 13.2 Å². The molecule has 0 saturated carbocycles. The Balaban J connectivity index is 1.85. The number of nitrogens with one attached hydrogen (secondary N) is 1. The highest BCUT2D eigenvalue weighted by atomic mass is 16.5. The van der Waals surface area contributed by atoms with Crippen LogP contribution >= 0.6 is 0 Å². The maximum atomic E-state index is 5.44. The Labute approximate surface area is 90.2 Å². The highest BCUT2D eigenvalue weighted by Crippen LogP contribution is 1.98. The predicted octanol–water partition coefficient (Wildman–Crippen LogP) is 1.22. The average Bonchev–Trinajstić information content (AvgIpc) is 2.68. The third kappa shape index (κ3) is 6.19. The van der Waals surface area contributed by atoms with Crippen LogP contribution in [-0.2, 0) is 11.3 Å². The highest BCUT2D eigenvalue weighted by Gasteiger charge is 1.97. The smallest absolute Gasteiger partial charge is 0.213 e. The summed E-state index contributed by atoms with van der Waals surface area (Å²) in [6, 6.07) is 0. The van der Waals surface area contributed by atoms with Crippen LogP contribution in [0.4, 0.5) is 0 Å². The molecule has 1 N–H and O–H groups in total. The van der Waals surface area contributed by atoms with E-state index in [0.717, 1.165) is 26.2 Å². The van der Waals surface area contributed by atoms with Crippen LogP contribution in [0, 0.1) is 5.92 Å². The summed E-state index contributed by atoms with van der Waals surface area (Å²) in [7, 11) is 0. The quantitative estimate of drug-likeness (QED) is 0.658. The first kappa shape index (κ1) is 12.1. The van der Waals surface area contributed by atoms with E-state index in [1.165, 1.54) is 6.39 Å². The Kier molecular flexibility index (Phi) is 5.96. The zero-order valence-corrected chi connectivity index (χ0v) is 9.40. The van der Waals surface area contributed by atoms with Crippen molar-refractivity contribution in [1.29, 1.82) is 0 Å². The standard InChI is InChI=1S/C10H19N3O2/c1-9(2)3-5-14-6-4-11-7-10-12-8-15-13-10/h8-9,11H,3-7H2,1-2H3. The normalized spacial score (nSPS) is 11.1. The molecule has 0 unspecified atom stereocenters. The number of ether oxygens (including phenoxy) is 1. The summed E-state index contributed by atoms with van der Waals surface area (Å²) >= 11 is 0. The van der Waals surface area contributed by atoms with Gasteiger partial charge in [0.15, 0.2) is 5.82 Å². The van der Waals surface area contributed by atoms with E-state index in [9.17, 15) is 0 Å². The molecule has 1 aromatic rings. The van der Waals surface area contributed by atoms with Crippen molar-refractivity contribution in [3.8, 4) is 0 Å². The minimum Gasteiger partial charge on any atom is -0.380 e. The van der Waals surface area contributed by atoms with Gasteiger partial charge in [-0.3, -0.25) is 0 Å². The molecule has 86 valence electrons. The second kappa shape index (κ2) is 7.36. The summed E-state index contributed by atoms with van der Waals surface area (Å²) in [4.78, 5) is 3.89. The lowest BCUT2D eigenvalue weighted by Gasteiger charge is -2.06. The summed E-state index contributed by atoms with van der Waals surface area (Å²) in [5.41, 5.74) is 0. The maximum absolute atomic E-state index is 5.44. The minimum atomic E-state index is 0.629. The molecule has 1 aromatic heterocycles. The zero-order valence-electron chi connectivity index (χ0n) is 9.40. The highest BCUT2D eigenvalue weighted by molar-refractivity contribution is 4.75. The van der Waals surface area contributed by atoms with Crippen LogP contribution in [0.15, 0.2) is 10.9 Å². The molecule has 0 aromatic carbocycles. The van der Waals surface area contributed by atoms with Gasteiger partial charge in [0, 0.05) is 13.2 Å². The van der Waals surface area contributed by atoms with E-state index in [1.807, 2.05) is 0 Å². The van der Waals surface area contributed by atoms with E-state index >= 15 is 0 Å². The Bertz CT molecular complexity index is 237. The summed E-state index contributed by atoms with van der Waals surface area (Å²) < 4.78 is 10.0. The van der Waals surface area contributed by atoms with Gasteiger partial charge < -0.3 is 14.6 Å². The van der Waals surface area contributed by atoms with Gasteiger partial charge >= 0.3 is 0 Å². The summed E-state index contributed by atoms with van der Waals surface area (Å²) in [5.74, 6) is 1.38. The molecule has 5 nitrogen and oxygen atoms in total. The fourth-order valence-corrected chi connectivity index (χ4v) is 1.04. The molecule has 0 atom stereocenters. The van der Waals surface area contributed by atoms with Crippen molar-refractivity contribution < 1.29 is 9.26 Å². The number of hydrogen-bond acceptors (Lipinski definition) is 5. The molecule has 1 rings (SSSR count). The average molecular weight is 213 g/mol. The number of aromatic nitrogens is 2. The van der Waals surface area contributed by atoms with Crippen LogP contribution in [0.3, 0.4) is 0 Å². The molecule has 0 fully saturated rings. The summed E-state index contributed by atoms with van der Waals surface area (Å²) in [5, 5.41) is 6.85. The largest absolute Gasteiger partial charge is 0.380 e. The number of hydrogen-bond donors (Lipinski definition) is 1. The first-order valence-corrected chi connectivity index (χ1v) is 5.32. The third-order valence-corrected chi connectivity index (χ3v) is 1.95. The summed E-state index contributed by atoms with van der Waals surface area (Å²) in [6.45, 7) is 7.39. The molecule has 0 amide bonds. The van der Waals surface area contributed by atoms with Crippen molar-refractivity contribution in [2.24, 2.45) is 5.92 Å². The van der Waals surface area contributed by atoms with Gasteiger partial charge in [-0.2, -0.15) is 4.98 Å². The molecule has 0 aliphatic heterocycles. The molecule has 0 radical (unpaired) electrons. The second-order valence-corrected chi connectivity index (χ2v) is 3.82. The van der Waals surface area contributed by atoms with Crippen molar-refractivity contribution in [2.45, 2.75) is 26.8 Å². The monoisotopic (exact) mass is 213 g/mol. The van der Waals surface area contributed by atoms with Crippen LogP contribution < -0.4 is 5.32 Å². The van der Waals surface area contributed by atoms with Crippen LogP contribution in [0.5, 0.6) is 0 Å². The topological polar surface area (TPSA) is 60.2 Å². The molecule has 15 heavy (non-hydrogen) atoms. The predicted molar refractivity (Wildman–Crippen MR) is 56.3 cm³/mol. The fourth-order valence-electron chi connectivity index (χ4n) is 1.04. The molecular weight excluding hydrogens is 194 g/mol. The van der Waals surface area contributed by atoms with Gasteiger partial charge in [0.2, 0.25) is 6.39 Å². The van der Waals surface area contributed by atoms with Crippen molar-refractivity contribution in [3.05, 3.63) is 12.2 Å². The first-order valence-electron chi connectivity index (χ1n) is 5.32. The fraction of sp³-hybridized carbons (Fsp3) is 0.800. The van der Waals surface area contributed by atoms with Gasteiger partial charge in [-0.15, -0.1) is 0 Å². The minimum absolute atomic E-state index is 0.629. The van der Waals surface area contributed by atoms with E-state index in [1.54, 1.807) is 0 Å². The molecular formula is C10H19N3O2. The molecule has 0 aliphatic rings. The van der Waals surface area contributed by atoms with Gasteiger partial charge in [0.25, 0.3) is 0 Å². The van der Waals surface area contributed by atoms with Crippen molar-refractivity contribution in [3.63, 3.8) is 0 Å². The molecule has 0 bridgehead atoms. The lowest BCUT2D eigenvalue weighted by molar-refractivity contribution is 0.125. The van der Waals surface area contributed by atoms with E-state index < -0.39 is 0 Å². The van der Waals surface area contributed by atoms with Crippen molar-refractivity contribution in [2.75, 3.05) is 19.8 Å². The second-order valence-electron chi connectivity index (χ2n) is 3.82. The Hall–Kier alpha value is -0.940. The zero-order chi connectivity index (χ0) is 10.9. The third-order valence-electron chi connectivity index (χ3n) is 1.95. The van der Waals surface area contributed by atoms with Crippen LogP contribution in [0.1, 0.15) is 26.1 Å². The van der Waals surface area contributed by atoms with Gasteiger partial charge in [0.1, 0.15) is 0 Å². The van der Waals surface area contributed by atoms with Crippen molar-refractivity contribution >= 4 is 0 Å². The Morgan fingerprint density at radius 1 is 1.47 bits per heavy atom. The lowest BCUT2D eigenvalue weighted by Crippen LogP contribution is -2.20. The summed E-state index contributed by atoms with van der Waals surface area (Å²) in [6.07, 6.45) is 2.45. The number of rotatable bonds is 8. The van der Waals surface area contributed by atoms with Crippen LogP contribution in [0.2, 0.25) is 0 Å². The SMILES string of the molecule is CC(C)CCOCCNCc1ncon1. The molecule has 0 aliphatic carbocycles. The molecule has 0 spiro atoms. The lowest BCUT2D eigenvalue weighted by atomic mass is 10.1. The van der Waals surface area contributed by atoms with Crippen LogP contribution in [-0.4, -0.2) is 29.9 Å². The Morgan fingerprint density at radius 2 is 2.33 bits per heavy atom. The molecule has 5 heteroatoms. The molecule has 0 saturated heterocycles. The maximum Gasteiger partial charge on any atom is 0.213 e. The molecule has 1 heterocycles. The first-order chi connectivity index (χ1) is 7.29. The van der Waals surface area contributed by atoms with E-state index in [2.05, 4.69) is 33.8 Å². The van der Waals surface area contributed by atoms with E-state index in [-0.39, 0.29) is 0 Å². The van der Waals surface area contributed by atoms with E-state index in [0.29, 0.717) is 18.3 Å².